The molecule has 1 amide bonds. The molecule has 1 saturated heterocycles. The molecule has 0 spiro atoms. The lowest BCUT2D eigenvalue weighted by Crippen LogP contribution is -2.44. The number of thiophene rings is 1. The number of nitrogens with one attached hydrogen (secondary N) is 2. The Morgan fingerprint density at radius 1 is 1.13 bits per heavy atom. The first kappa shape index (κ1) is 22.7. The number of rotatable bonds is 14. The summed E-state index contributed by atoms with van der Waals surface area (Å²) in [5.74, 6) is -0.731. The number of carboxylic acids is 1. The van der Waals surface area contributed by atoms with Crippen molar-refractivity contribution in [1.82, 2.24) is 15.3 Å². The molecule has 0 aliphatic carbocycles. The Balaban J connectivity index is 1.31. The highest BCUT2D eigenvalue weighted by Gasteiger charge is 2.46. The number of amides is 1. The molecule has 1 atom stereocenters. The van der Waals surface area contributed by atoms with Crippen molar-refractivity contribution in [2.75, 3.05) is 13.2 Å². The lowest BCUT2D eigenvalue weighted by atomic mass is 9.96. The molecule has 7 nitrogen and oxygen atoms in total. The van der Waals surface area contributed by atoms with Crippen LogP contribution in [0.15, 0.2) is 11.7 Å². The molecule has 3 rings (SSSR count). The number of hydrogen-bond donors (Lipinski definition) is 3. The van der Waals surface area contributed by atoms with Gasteiger partial charge in [-0.1, -0.05) is 44.9 Å². The zero-order valence-corrected chi connectivity index (χ0v) is 18.4. The molecule has 1 fully saturated rings. The third kappa shape index (κ3) is 5.82. The topological polar surface area (TPSA) is 104 Å². The Morgan fingerprint density at radius 3 is 2.50 bits per heavy atom. The molecule has 166 valence electrons. The van der Waals surface area contributed by atoms with E-state index < -0.39 is 11.6 Å². The Bertz CT molecular complexity index is 810. The van der Waals surface area contributed by atoms with Crippen molar-refractivity contribution in [3.05, 3.63) is 16.6 Å². The van der Waals surface area contributed by atoms with E-state index in [1.807, 2.05) is 5.38 Å². The van der Waals surface area contributed by atoms with Crippen LogP contribution in [0.5, 0.6) is 0 Å². The van der Waals surface area contributed by atoms with Gasteiger partial charge in [0.25, 0.3) is 5.91 Å². The van der Waals surface area contributed by atoms with Gasteiger partial charge in [0, 0.05) is 25.0 Å². The minimum absolute atomic E-state index is 0.0342. The van der Waals surface area contributed by atoms with E-state index in [-0.39, 0.29) is 12.3 Å². The van der Waals surface area contributed by atoms with Gasteiger partial charge in [-0.2, -0.15) is 0 Å². The minimum atomic E-state index is -0.887. The second kappa shape index (κ2) is 11.5. The van der Waals surface area contributed by atoms with Crippen LogP contribution in [0.25, 0.3) is 11.0 Å². The van der Waals surface area contributed by atoms with Crippen LogP contribution in [-0.4, -0.2) is 40.1 Å². The number of H-pyrrole nitrogens is 1. The molecule has 1 unspecified atom stereocenters. The summed E-state index contributed by atoms with van der Waals surface area (Å²) in [7, 11) is 0. The van der Waals surface area contributed by atoms with Crippen molar-refractivity contribution < 1.29 is 19.4 Å². The van der Waals surface area contributed by atoms with E-state index in [0.29, 0.717) is 19.6 Å². The van der Waals surface area contributed by atoms with E-state index >= 15 is 0 Å². The molecule has 8 heteroatoms. The highest BCUT2D eigenvalue weighted by atomic mass is 32.1. The number of aliphatic carboxylic acids is 1. The summed E-state index contributed by atoms with van der Waals surface area (Å²) in [5.41, 5.74) is 0.918. The van der Waals surface area contributed by atoms with E-state index in [1.54, 1.807) is 17.7 Å². The standard InChI is InChI=1S/C22H33N3O4S/c26-18(27)11-8-6-4-2-1-3-5-7-9-13-23-21(28)22(12-10-14-29-22)20-19-17(15-30-20)24-16-25-19/h15-16H,1-14H2,(H,23,28)(H,24,25)(H,26,27). The molecule has 3 N–H and O–H groups in total. The first-order chi connectivity index (χ1) is 14.6. The fourth-order valence-electron chi connectivity index (χ4n) is 4.12. The summed E-state index contributed by atoms with van der Waals surface area (Å²) >= 11 is 1.55. The number of aromatic nitrogens is 2. The van der Waals surface area contributed by atoms with Crippen molar-refractivity contribution in [2.45, 2.75) is 82.7 Å². The third-order valence-electron chi connectivity index (χ3n) is 5.79. The number of carbonyl (C=O) groups excluding carboxylic acids is 1. The molecule has 2 aromatic heterocycles. The molecular weight excluding hydrogens is 402 g/mol. The van der Waals surface area contributed by atoms with Crippen molar-refractivity contribution >= 4 is 34.2 Å². The summed E-state index contributed by atoms with van der Waals surface area (Å²) in [6.07, 6.45) is 13.3. The maximum atomic E-state index is 13.0. The van der Waals surface area contributed by atoms with Crippen molar-refractivity contribution in [3.8, 4) is 0 Å². The van der Waals surface area contributed by atoms with Crippen LogP contribution in [0.3, 0.4) is 0 Å². The summed E-state index contributed by atoms with van der Waals surface area (Å²) in [6.45, 7) is 1.28. The second-order valence-corrected chi connectivity index (χ2v) is 8.97. The maximum Gasteiger partial charge on any atom is 0.303 e. The number of aromatic amines is 1. The first-order valence-electron chi connectivity index (χ1n) is 11.2. The summed E-state index contributed by atoms with van der Waals surface area (Å²) in [6, 6.07) is 0. The zero-order chi connectivity index (χ0) is 21.2. The average Bonchev–Trinajstić information content (AvgIpc) is 3.45. The third-order valence-corrected chi connectivity index (χ3v) is 6.90. The predicted molar refractivity (Wildman–Crippen MR) is 118 cm³/mol. The van der Waals surface area contributed by atoms with Gasteiger partial charge in [0.15, 0.2) is 5.60 Å². The Labute approximate surface area is 181 Å². The van der Waals surface area contributed by atoms with Gasteiger partial charge in [0.05, 0.1) is 16.7 Å². The highest BCUT2D eigenvalue weighted by Crippen LogP contribution is 2.42. The Kier molecular flexibility index (Phi) is 8.69. The number of unbranched alkanes of at least 4 members (excludes halogenated alkanes) is 8. The highest BCUT2D eigenvalue weighted by molar-refractivity contribution is 7.11. The average molecular weight is 436 g/mol. The van der Waals surface area contributed by atoms with Crippen LogP contribution in [0.2, 0.25) is 0 Å². The number of fused-ring (bicyclic) bond motifs is 1. The van der Waals surface area contributed by atoms with Crippen molar-refractivity contribution in [2.24, 2.45) is 0 Å². The molecule has 2 aromatic rings. The Hall–Kier alpha value is -1.93. The molecule has 1 aliphatic heterocycles. The number of nitrogens with zero attached hydrogens (tertiary/aromatic N) is 1. The van der Waals surface area contributed by atoms with Gasteiger partial charge in [-0.3, -0.25) is 9.59 Å². The lowest BCUT2D eigenvalue weighted by Gasteiger charge is -2.26. The predicted octanol–water partition coefficient (Wildman–Crippen LogP) is 4.73. The molecule has 0 radical (unpaired) electrons. The summed E-state index contributed by atoms with van der Waals surface area (Å²) in [4.78, 5) is 31.9. The quantitative estimate of drug-likeness (QED) is 0.372. The van der Waals surface area contributed by atoms with Gasteiger partial charge in [-0.15, -0.1) is 11.3 Å². The molecule has 1 aliphatic rings. The molecule has 30 heavy (non-hydrogen) atoms. The minimum Gasteiger partial charge on any atom is -0.481 e. The van der Waals surface area contributed by atoms with E-state index in [1.165, 1.54) is 25.7 Å². The molecular formula is C22H33N3O4S. The van der Waals surface area contributed by atoms with E-state index in [0.717, 1.165) is 54.4 Å². The van der Waals surface area contributed by atoms with Crippen LogP contribution in [0.4, 0.5) is 0 Å². The second-order valence-electron chi connectivity index (χ2n) is 8.09. The number of ether oxygens (including phenoxy) is 1. The largest absolute Gasteiger partial charge is 0.481 e. The summed E-state index contributed by atoms with van der Waals surface area (Å²) in [5, 5.41) is 13.7. The van der Waals surface area contributed by atoms with Crippen molar-refractivity contribution in [1.29, 1.82) is 0 Å². The van der Waals surface area contributed by atoms with Gasteiger partial charge in [0.2, 0.25) is 0 Å². The number of carboxylic acid groups (broad SMARTS) is 1. The lowest BCUT2D eigenvalue weighted by molar-refractivity contribution is -0.142. The number of carbonyl (C=O) groups is 2. The van der Waals surface area contributed by atoms with Gasteiger partial charge in [0.1, 0.15) is 5.52 Å². The van der Waals surface area contributed by atoms with E-state index in [9.17, 15) is 9.59 Å². The monoisotopic (exact) mass is 435 g/mol. The van der Waals surface area contributed by atoms with Gasteiger partial charge in [-0.25, -0.2) is 4.98 Å². The van der Waals surface area contributed by atoms with Crippen LogP contribution in [-0.2, 0) is 19.9 Å². The molecule has 0 bridgehead atoms. The van der Waals surface area contributed by atoms with Crippen LogP contribution in [0.1, 0.15) is 81.9 Å². The molecule has 0 saturated carbocycles. The van der Waals surface area contributed by atoms with Crippen LogP contribution >= 0.6 is 11.3 Å². The van der Waals surface area contributed by atoms with Gasteiger partial charge < -0.3 is 20.1 Å². The normalized spacial score (nSPS) is 18.8. The van der Waals surface area contributed by atoms with Gasteiger partial charge >= 0.3 is 5.97 Å². The fourth-order valence-corrected chi connectivity index (χ4v) is 5.25. The summed E-state index contributed by atoms with van der Waals surface area (Å²) < 4.78 is 6.00. The van der Waals surface area contributed by atoms with E-state index in [4.69, 9.17) is 9.84 Å². The number of imidazole rings is 1. The molecule has 0 aromatic carbocycles. The van der Waals surface area contributed by atoms with Crippen molar-refractivity contribution in [3.63, 3.8) is 0 Å². The van der Waals surface area contributed by atoms with Crippen LogP contribution in [0, 0.1) is 0 Å². The SMILES string of the molecule is O=C(O)CCCCCCCCCCCNC(=O)C1(c2scc3[nH]cnc23)CCCO1. The fraction of sp³-hybridized carbons (Fsp3) is 0.682. The molecule has 3 heterocycles. The van der Waals surface area contributed by atoms with E-state index in [2.05, 4.69) is 15.3 Å². The number of hydrogen-bond acceptors (Lipinski definition) is 5. The Morgan fingerprint density at radius 2 is 1.83 bits per heavy atom. The smallest absolute Gasteiger partial charge is 0.303 e. The van der Waals surface area contributed by atoms with Gasteiger partial charge in [-0.05, 0) is 25.7 Å². The first-order valence-corrected chi connectivity index (χ1v) is 12.1. The maximum absolute atomic E-state index is 13.0. The zero-order valence-electron chi connectivity index (χ0n) is 17.6. The van der Waals surface area contributed by atoms with Crippen LogP contribution < -0.4 is 5.32 Å².